The minimum atomic E-state index is -0.964. The van der Waals surface area contributed by atoms with Crippen molar-refractivity contribution in [2.24, 2.45) is 0 Å². The Balaban J connectivity index is 1.56. The summed E-state index contributed by atoms with van der Waals surface area (Å²) in [7, 11) is 0. The molecule has 0 atom stereocenters. The first-order valence-corrected chi connectivity index (χ1v) is 10.7. The number of carbonyl (C=O) groups excluding carboxylic acids is 2. The van der Waals surface area contributed by atoms with Gasteiger partial charge in [-0.3, -0.25) is 9.59 Å². The fourth-order valence-electron chi connectivity index (χ4n) is 4.72. The van der Waals surface area contributed by atoms with Crippen molar-refractivity contribution in [1.29, 1.82) is 0 Å². The average Bonchev–Trinajstić information content (AvgIpc) is 2.81. The van der Waals surface area contributed by atoms with Crippen LogP contribution in [0.25, 0.3) is 0 Å². The minimum Gasteiger partial charge on any atom is -0.465 e. The number of benzene rings is 2. The fourth-order valence-corrected chi connectivity index (χ4v) is 4.72. The van der Waals surface area contributed by atoms with Crippen LogP contribution in [0.3, 0.4) is 0 Å². The molecule has 2 saturated heterocycles. The smallest absolute Gasteiger partial charge is 0.407 e. The van der Waals surface area contributed by atoms with Gasteiger partial charge < -0.3 is 19.8 Å². The third-order valence-electron chi connectivity index (χ3n) is 6.39. The van der Waals surface area contributed by atoms with Crippen LogP contribution in [-0.4, -0.2) is 77.0 Å². The van der Waals surface area contributed by atoms with E-state index in [1.54, 1.807) is 9.80 Å². The highest BCUT2D eigenvalue weighted by Crippen LogP contribution is 2.41. The maximum atomic E-state index is 13.9. The summed E-state index contributed by atoms with van der Waals surface area (Å²) in [4.78, 5) is 42.6. The Labute approximate surface area is 181 Å². The third kappa shape index (κ3) is 4.00. The van der Waals surface area contributed by atoms with E-state index in [0.29, 0.717) is 39.1 Å². The molecule has 162 valence electrons. The van der Waals surface area contributed by atoms with Crippen molar-refractivity contribution in [3.8, 4) is 0 Å². The number of carboxylic acid groups (broad SMARTS) is 1. The van der Waals surface area contributed by atoms with Gasteiger partial charge in [-0.1, -0.05) is 60.7 Å². The predicted octanol–water partition coefficient (Wildman–Crippen LogP) is 2.42. The van der Waals surface area contributed by atoms with Crippen LogP contribution in [0, 0.1) is 0 Å². The van der Waals surface area contributed by atoms with Crippen molar-refractivity contribution < 1.29 is 19.5 Å². The highest BCUT2D eigenvalue weighted by molar-refractivity contribution is 5.95. The molecule has 2 fully saturated rings. The van der Waals surface area contributed by atoms with Gasteiger partial charge in [0.05, 0.1) is 12.0 Å². The minimum absolute atomic E-state index is 0.0212. The van der Waals surface area contributed by atoms with Gasteiger partial charge in [-0.15, -0.1) is 0 Å². The zero-order valence-electron chi connectivity index (χ0n) is 17.4. The van der Waals surface area contributed by atoms with Crippen molar-refractivity contribution in [3.63, 3.8) is 0 Å². The standard InChI is InChI=1S/C24H27N3O4/c28-21(25-14-16-26(17-15-25)23(30)31)18-27-13-7-12-24(22(27)29,19-8-3-1-4-9-19)20-10-5-2-6-11-20/h1-6,8-11H,7,12-18H2,(H,30,31). The number of amides is 3. The topological polar surface area (TPSA) is 81.2 Å². The first-order valence-electron chi connectivity index (χ1n) is 10.7. The monoisotopic (exact) mass is 421 g/mol. The zero-order chi connectivity index (χ0) is 21.8. The van der Waals surface area contributed by atoms with Crippen LogP contribution in [0.2, 0.25) is 0 Å². The maximum absolute atomic E-state index is 13.9. The summed E-state index contributed by atoms with van der Waals surface area (Å²) >= 11 is 0. The van der Waals surface area contributed by atoms with E-state index >= 15 is 0 Å². The Morgan fingerprint density at radius 1 is 0.806 bits per heavy atom. The zero-order valence-corrected chi connectivity index (χ0v) is 17.4. The summed E-state index contributed by atoms with van der Waals surface area (Å²) in [5.74, 6) is -0.177. The lowest BCUT2D eigenvalue weighted by molar-refractivity contribution is -0.146. The number of piperazine rings is 1. The van der Waals surface area contributed by atoms with Gasteiger partial charge in [0, 0.05) is 32.7 Å². The van der Waals surface area contributed by atoms with E-state index in [1.165, 1.54) is 4.90 Å². The second-order valence-electron chi connectivity index (χ2n) is 8.12. The van der Waals surface area contributed by atoms with E-state index in [-0.39, 0.29) is 18.4 Å². The molecule has 4 rings (SSSR count). The van der Waals surface area contributed by atoms with Crippen LogP contribution in [-0.2, 0) is 15.0 Å². The number of piperidine rings is 1. The summed E-state index contributed by atoms with van der Waals surface area (Å²) in [6.07, 6.45) is 0.533. The first-order chi connectivity index (χ1) is 15.0. The van der Waals surface area contributed by atoms with E-state index in [1.807, 2.05) is 60.7 Å². The van der Waals surface area contributed by atoms with Gasteiger partial charge in [0.15, 0.2) is 0 Å². The number of nitrogens with zero attached hydrogens (tertiary/aromatic N) is 3. The molecule has 0 aliphatic carbocycles. The lowest BCUT2D eigenvalue weighted by Crippen LogP contribution is -2.57. The Kier molecular flexibility index (Phi) is 5.93. The molecule has 0 spiro atoms. The van der Waals surface area contributed by atoms with Crippen LogP contribution in [0.15, 0.2) is 60.7 Å². The maximum Gasteiger partial charge on any atom is 0.407 e. The van der Waals surface area contributed by atoms with E-state index in [9.17, 15) is 14.4 Å². The second kappa shape index (κ2) is 8.79. The van der Waals surface area contributed by atoms with E-state index in [2.05, 4.69) is 0 Å². The van der Waals surface area contributed by atoms with Crippen molar-refractivity contribution in [1.82, 2.24) is 14.7 Å². The first kappa shape index (κ1) is 20.9. The third-order valence-corrected chi connectivity index (χ3v) is 6.39. The van der Waals surface area contributed by atoms with E-state index < -0.39 is 11.5 Å². The fraction of sp³-hybridized carbons (Fsp3) is 0.375. The Bertz CT molecular complexity index is 900. The van der Waals surface area contributed by atoms with Gasteiger partial charge in [-0.25, -0.2) is 4.79 Å². The Morgan fingerprint density at radius 2 is 1.32 bits per heavy atom. The molecule has 0 unspecified atom stereocenters. The Morgan fingerprint density at radius 3 is 1.84 bits per heavy atom. The van der Waals surface area contributed by atoms with Crippen LogP contribution >= 0.6 is 0 Å². The van der Waals surface area contributed by atoms with Crippen molar-refractivity contribution in [2.75, 3.05) is 39.3 Å². The normalized spacial score (nSPS) is 18.7. The molecule has 2 aromatic rings. The summed E-state index contributed by atoms with van der Waals surface area (Å²) in [5, 5.41) is 9.10. The molecule has 31 heavy (non-hydrogen) atoms. The van der Waals surface area contributed by atoms with Gasteiger partial charge in [0.25, 0.3) is 0 Å². The lowest BCUT2D eigenvalue weighted by atomic mass is 9.68. The average molecular weight is 421 g/mol. The quantitative estimate of drug-likeness (QED) is 0.822. The van der Waals surface area contributed by atoms with Gasteiger partial charge in [-0.2, -0.15) is 0 Å². The highest BCUT2D eigenvalue weighted by Gasteiger charge is 2.47. The van der Waals surface area contributed by atoms with Crippen molar-refractivity contribution in [2.45, 2.75) is 18.3 Å². The molecule has 1 N–H and O–H groups in total. The summed E-state index contributed by atoms with van der Waals surface area (Å²) < 4.78 is 0. The molecule has 0 saturated carbocycles. The van der Waals surface area contributed by atoms with Gasteiger partial charge in [0.1, 0.15) is 0 Å². The van der Waals surface area contributed by atoms with Crippen LogP contribution in [0.5, 0.6) is 0 Å². The molecule has 2 aliphatic rings. The molecule has 0 bridgehead atoms. The van der Waals surface area contributed by atoms with Crippen LogP contribution in [0.1, 0.15) is 24.0 Å². The molecular weight excluding hydrogens is 394 g/mol. The summed E-state index contributed by atoms with van der Waals surface area (Å²) in [6, 6.07) is 19.6. The predicted molar refractivity (Wildman–Crippen MR) is 116 cm³/mol. The molecule has 0 aromatic heterocycles. The van der Waals surface area contributed by atoms with E-state index in [4.69, 9.17) is 5.11 Å². The van der Waals surface area contributed by atoms with Crippen LogP contribution in [0.4, 0.5) is 4.79 Å². The number of rotatable bonds is 4. The molecule has 0 radical (unpaired) electrons. The highest BCUT2D eigenvalue weighted by atomic mass is 16.4. The van der Waals surface area contributed by atoms with E-state index in [0.717, 1.165) is 17.5 Å². The lowest BCUT2D eigenvalue weighted by Gasteiger charge is -2.43. The number of hydrogen-bond donors (Lipinski definition) is 1. The molecule has 2 aromatic carbocycles. The Hall–Kier alpha value is -3.35. The van der Waals surface area contributed by atoms with Gasteiger partial charge in [0.2, 0.25) is 11.8 Å². The molecule has 3 amide bonds. The van der Waals surface area contributed by atoms with Gasteiger partial charge in [-0.05, 0) is 24.0 Å². The van der Waals surface area contributed by atoms with Crippen molar-refractivity contribution >= 4 is 17.9 Å². The van der Waals surface area contributed by atoms with Crippen LogP contribution < -0.4 is 0 Å². The number of carbonyl (C=O) groups is 3. The van der Waals surface area contributed by atoms with Gasteiger partial charge >= 0.3 is 6.09 Å². The molecule has 7 nitrogen and oxygen atoms in total. The number of likely N-dealkylation sites (tertiary alicyclic amines) is 1. The largest absolute Gasteiger partial charge is 0.465 e. The number of hydrogen-bond acceptors (Lipinski definition) is 3. The molecule has 2 heterocycles. The summed E-state index contributed by atoms with van der Waals surface area (Å²) in [6.45, 7) is 1.87. The second-order valence-corrected chi connectivity index (χ2v) is 8.12. The molecule has 2 aliphatic heterocycles. The molecular formula is C24H27N3O4. The summed E-state index contributed by atoms with van der Waals surface area (Å²) in [5.41, 5.74) is 1.08. The SMILES string of the molecule is O=C(O)N1CCN(C(=O)CN2CCCC(c3ccccc3)(c3ccccc3)C2=O)CC1. The van der Waals surface area contributed by atoms with Crippen molar-refractivity contribution in [3.05, 3.63) is 71.8 Å². The molecule has 7 heteroatoms.